The number of carbonyl (C=O) groups excluding carboxylic acids is 1. The maximum atomic E-state index is 12.5. The van der Waals surface area contributed by atoms with Crippen molar-refractivity contribution in [3.63, 3.8) is 0 Å². The largest absolute Gasteiger partial charge is 0.505 e. The van der Waals surface area contributed by atoms with E-state index in [0.29, 0.717) is 16.6 Å². The number of carbonyl (C=O) groups is 1. The Balaban J connectivity index is 1.51. The van der Waals surface area contributed by atoms with Gasteiger partial charge in [-0.05, 0) is 23.8 Å². The summed E-state index contributed by atoms with van der Waals surface area (Å²) in [6.45, 7) is 3.73. The third-order valence-electron chi connectivity index (χ3n) is 4.75. The summed E-state index contributed by atoms with van der Waals surface area (Å²) in [4.78, 5) is 27.3. The molecule has 1 fully saturated rings. The van der Waals surface area contributed by atoms with Gasteiger partial charge in [-0.1, -0.05) is 6.07 Å². The summed E-state index contributed by atoms with van der Waals surface area (Å²) in [5, 5.41) is 25.8. The summed E-state index contributed by atoms with van der Waals surface area (Å²) < 4.78 is 0. The summed E-state index contributed by atoms with van der Waals surface area (Å²) in [6.07, 6.45) is 3.02. The lowest BCUT2D eigenvalue weighted by atomic mass is 10.2. The average Bonchev–Trinajstić information content (AvgIpc) is 2.78. The van der Waals surface area contributed by atoms with Gasteiger partial charge < -0.3 is 20.6 Å². The van der Waals surface area contributed by atoms with Crippen molar-refractivity contribution in [2.75, 3.05) is 31.1 Å². The van der Waals surface area contributed by atoms with E-state index in [-0.39, 0.29) is 18.0 Å². The van der Waals surface area contributed by atoms with E-state index in [9.17, 15) is 9.90 Å². The molecule has 1 aliphatic rings. The molecule has 1 amide bonds. The standard InChI is InChI=1S/C20H19N7O2/c21-9-14-2-1-13(10-23-14)11-25-20(29)18-19(28)15-3-4-17(26-16(15)12-24-18)27-7-5-22-6-8-27/h1-4,10,12,22,28H,5-8,11H2,(H,25,29). The van der Waals surface area contributed by atoms with Gasteiger partial charge in [0, 0.05) is 44.3 Å². The molecule has 0 saturated carbocycles. The molecule has 4 rings (SSSR count). The lowest BCUT2D eigenvalue weighted by molar-refractivity contribution is 0.0943. The molecular weight excluding hydrogens is 370 g/mol. The van der Waals surface area contributed by atoms with Gasteiger partial charge in [0.25, 0.3) is 5.91 Å². The number of hydrogen-bond acceptors (Lipinski definition) is 8. The Morgan fingerprint density at radius 2 is 2.03 bits per heavy atom. The molecule has 0 unspecified atom stereocenters. The first-order chi connectivity index (χ1) is 14.2. The van der Waals surface area contributed by atoms with Crippen molar-refractivity contribution in [2.45, 2.75) is 6.54 Å². The first-order valence-corrected chi connectivity index (χ1v) is 9.23. The molecule has 29 heavy (non-hydrogen) atoms. The van der Waals surface area contributed by atoms with E-state index in [1.165, 1.54) is 12.4 Å². The predicted molar refractivity (Wildman–Crippen MR) is 106 cm³/mol. The number of nitrogens with one attached hydrogen (secondary N) is 2. The minimum Gasteiger partial charge on any atom is -0.505 e. The molecule has 1 aliphatic heterocycles. The molecule has 0 radical (unpaired) electrons. The highest BCUT2D eigenvalue weighted by Crippen LogP contribution is 2.28. The van der Waals surface area contributed by atoms with Crippen LogP contribution < -0.4 is 15.5 Å². The van der Waals surface area contributed by atoms with E-state index in [4.69, 9.17) is 5.26 Å². The average molecular weight is 389 g/mol. The fraction of sp³-hybridized carbons (Fsp3) is 0.250. The molecule has 9 nitrogen and oxygen atoms in total. The number of anilines is 1. The highest BCUT2D eigenvalue weighted by atomic mass is 16.3. The molecule has 3 N–H and O–H groups in total. The van der Waals surface area contributed by atoms with Crippen molar-refractivity contribution in [3.8, 4) is 11.8 Å². The molecule has 3 aromatic rings. The van der Waals surface area contributed by atoms with Gasteiger partial charge >= 0.3 is 0 Å². The number of rotatable bonds is 4. The van der Waals surface area contributed by atoms with Crippen LogP contribution in [0.15, 0.2) is 36.7 Å². The third kappa shape index (κ3) is 3.93. The number of nitrogens with zero attached hydrogens (tertiary/aromatic N) is 5. The Labute approximate surface area is 167 Å². The molecule has 3 aromatic heterocycles. The smallest absolute Gasteiger partial charge is 0.274 e. The number of aromatic nitrogens is 3. The quantitative estimate of drug-likeness (QED) is 0.602. The van der Waals surface area contributed by atoms with Crippen LogP contribution in [0.2, 0.25) is 0 Å². The van der Waals surface area contributed by atoms with Gasteiger partial charge in [0.05, 0.1) is 11.7 Å². The van der Waals surface area contributed by atoms with Crippen LogP contribution in [0.3, 0.4) is 0 Å². The zero-order valence-electron chi connectivity index (χ0n) is 15.6. The minimum absolute atomic E-state index is 0.0594. The molecule has 0 aliphatic carbocycles. The van der Waals surface area contributed by atoms with Gasteiger partial charge in [-0.15, -0.1) is 0 Å². The van der Waals surface area contributed by atoms with Crippen molar-refractivity contribution in [1.82, 2.24) is 25.6 Å². The van der Waals surface area contributed by atoms with Crippen LogP contribution in [-0.2, 0) is 6.54 Å². The molecule has 0 bridgehead atoms. The van der Waals surface area contributed by atoms with Gasteiger partial charge in [0.2, 0.25) is 0 Å². The van der Waals surface area contributed by atoms with E-state index in [2.05, 4.69) is 30.5 Å². The van der Waals surface area contributed by atoms with Gasteiger partial charge in [0.1, 0.15) is 17.6 Å². The number of hydrogen-bond donors (Lipinski definition) is 3. The van der Waals surface area contributed by atoms with Crippen molar-refractivity contribution in [3.05, 3.63) is 53.6 Å². The Morgan fingerprint density at radius 1 is 1.21 bits per heavy atom. The van der Waals surface area contributed by atoms with E-state index < -0.39 is 5.91 Å². The molecular formula is C20H19N7O2. The van der Waals surface area contributed by atoms with Gasteiger partial charge in [-0.3, -0.25) is 4.79 Å². The number of aromatic hydroxyl groups is 1. The number of amides is 1. The zero-order chi connectivity index (χ0) is 20.2. The Morgan fingerprint density at radius 3 is 2.76 bits per heavy atom. The first kappa shape index (κ1) is 18.6. The van der Waals surface area contributed by atoms with E-state index in [1.54, 1.807) is 18.2 Å². The molecule has 0 spiro atoms. The lowest BCUT2D eigenvalue weighted by Crippen LogP contribution is -2.43. The number of fused-ring (bicyclic) bond motifs is 1. The van der Waals surface area contributed by atoms with Crippen LogP contribution in [0.1, 0.15) is 21.7 Å². The van der Waals surface area contributed by atoms with Crippen LogP contribution in [-0.4, -0.2) is 52.1 Å². The van der Waals surface area contributed by atoms with Crippen LogP contribution in [0.5, 0.6) is 5.75 Å². The Bertz CT molecular complexity index is 1090. The molecule has 0 aromatic carbocycles. The lowest BCUT2D eigenvalue weighted by Gasteiger charge is -2.28. The number of pyridine rings is 3. The van der Waals surface area contributed by atoms with Crippen molar-refractivity contribution < 1.29 is 9.90 Å². The highest BCUT2D eigenvalue weighted by Gasteiger charge is 2.18. The second-order valence-corrected chi connectivity index (χ2v) is 6.64. The summed E-state index contributed by atoms with van der Waals surface area (Å²) >= 11 is 0. The van der Waals surface area contributed by atoms with Gasteiger partial charge in [-0.25, -0.2) is 15.0 Å². The Kier molecular flexibility index (Phi) is 5.18. The van der Waals surface area contributed by atoms with Crippen molar-refractivity contribution in [2.24, 2.45) is 0 Å². The minimum atomic E-state index is -0.500. The summed E-state index contributed by atoms with van der Waals surface area (Å²) in [7, 11) is 0. The molecule has 4 heterocycles. The second-order valence-electron chi connectivity index (χ2n) is 6.64. The predicted octanol–water partition coefficient (Wildman–Crippen LogP) is 0.942. The van der Waals surface area contributed by atoms with Crippen LogP contribution >= 0.6 is 0 Å². The van der Waals surface area contributed by atoms with E-state index in [1.807, 2.05) is 12.1 Å². The van der Waals surface area contributed by atoms with Crippen molar-refractivity contribution in [1.29, 1.82) is 5.26 Å². The first-order valence-electron chi connectivity index (χ1n) is 9.23. The molecule has 1 saturated heterocycles. The van der Waals surface area contributed by atoms with Crippen LogP contribution in [0, 0.1) is 11.3 Å². The summed E-state index contributed by atoms with van der Waals surface area (Å²) in [6, 6.07) is 8.83. The molecule has 146 valence electrons. The van der Waals surface area contributed by atoms with E-state index >= 15 is 0 Å². The SMILES string of the molecule is N#Cc1ccc(CNC(=O)c2ncc3nc(N4CCNCC4)ccc3c2O)cn1. The Hall–Kier alpha value is -3.77. The number of piperazine rings is 1. The molecule has 9 heteroatoms. The topological polar surface area (TPSA) is 127 Å². The monoisotopic (exact) mass is 389 g/mol. The van der Waals surface area contributed by atoms with Gasteiger partial charge in [0.15, 0.2) is 11.4 Å². The maximum Gasteiger partial charge on any atom is 0.274 e. The van der Waals surface area contributed by atoms with Crippen LogP contribution in [0.25, 0.3) is 10.9 Å². The van der Waals surface area contributed by atoms with Crippen molar-refractivity contribution >= 4 is 22.6 Å². The second kappa shape index (κ2) is 8.08. The summed E-state index contributed by atoms with van der Waals surface area (Å²) in [5.41, 5.74) is 1.52. The number of nitriles is 1. The third-order valence-corrected chi connectivity index (χ3v) is 4.75. The highest BCUT2D eigenvalue weighted by molar-refractivity contribution is 6.00. The van der Waals surface area contributed by atoms with Crippen LogP contribution in [0.4, 0.5) is 5.82 Å². The van der Waals surface area contributed by atoms with Gasteiger partial charge in [-0.2, -0.15) is 5.26 Å². The summed E-state index contributed by atoms with van der Waals surface area (Å²) in [5.74, 6) is 0.128. The fourth-order valence-corrected chi connectivity index (χ4v) is 3.17. The van der Waals surface area contributed by atoms with E-state index in [0.717, 1.165) is 37.6 Å². The zero-order valence-corrected chi connectivity index (χ0v) is 15.6. The maximum absolute atomic E-state index is 12.5. The normalized spacial score (nSPS) is 13.8. The fourth-order valence-electron chi connectivity index (χ4n) is 3.17. The molecule has 0 atom stereocenters.